The molecule has 1 aromatic carbocycles. The van der Waals surface area contributed by atoms with Crippen molar-refractivity contribution >= 4 is 17.5 Å². The van der Waals surface area contributed by atoms with Gasteiger partial charge in [-0.2, -0.15) is 0 Å². The van der Waals surface area contributed by atoms with Crippen molar-refractivity contribution in [3.8, 4) is 12.3 Å². The summed E-state index contributed by atoms with van der Waals surface area (Å²) in [5.41, 5.74) is 1.59. The molecular formula is C19H18N2O4. The molecule has 6 nitrogen and oxygen atoms in total. The van der Waals surface area contributed by atoms with Crippen molar-refractivity contribution in [1.82, 2.24) is 4.90 Å². The molecule has 0 bridgehead atoms. The number of hydrogen-bond acceptors (Lipinski definition) is 4. The van der Waals surface area contributed by atoms with E-state index in [2.05, 4.69) is 5.92 Å². The van der Waals surface area contributed by atoms with Gasteiger partial charge in [0.2, 0.25) is 5.91 Å². The first-order chi connectivity index (χ1) is 12.2. The first kappa shape index (κ1) is 16.8. The second kappa shape index (κ2) is 7.69. The monoisotopic (exact) mass is 338 g/mol. The summed E-state index contributed by atoms with van der Waals surface area (Å²) in [7, 11) is 0. The van der Waals surface area contributed by atoms with Gasteiger partial charge >= 0.3 is 0 Å². The highest BCUT2D eigenvalue weighted by atomic mass is 16.5. The quantitative estimate of drug-likeness (QED) is 0.797. The Hall–Kier alpha value is -3.04. The minimum Gasteiger partial charge on any atom is -0.472 e. The number of terminal acetylenes is 1. The molecule has 0 atom stereocenters. The van der Waals surface area contributed by atoms with Crippen molar-refractivity contribution in [3.63, 3.8) is 0 Å². The lowest BCUT2D eigenvalue weighted by Gasteiger charge is -2.30. The molecule has 25 heavy (non-hydrogen) atoms. The minimum atomic E-state index is -0.315. The summed E-state index contributed by atoms with van der Waals surface area (Å²) in [5, 5.41) is 0. The van der Waals surface area contributed by atoms with E-state index in [0.29, 0.717) is 43.1 Å². The first-order valence-corrected chi connectivity index (χ1v) is 7.95. The molecule has 1 fully saturated rings. The van der Waals surface area contributed by atoms with Crippen molar-refractivity contribution in [2.45, 2.75) is 0 Å². The highest BCUT2D eigenvalue weighted by Crippen LogP contribution is 2.19. The molecule has 0 unspecified atom stereocenters. The smallest absolute Gasteiger partial charge is 0.262 e. The molecule has 2 heterocycles. The maximum absolute atomic E-state index is 12.8. The molecule has 1 aliphatic heterocycles. The van der Waals surface area contributed by atoms with Crippen LogP contribution in [-0.4, -0.2) is 49.6 Å². The van der Waals surface area contributed by atoms with Crippen LogP contribution in [0.5, 0.6) is 0 Å². The van der Waals surface area contributed by atoms with Crippen LogP contribution in [0.2, 0.25) is 0 Å². The fourth-order valence-electron chi connectivity index (χ4n) is 2.63. The Morgan fingerprint density at radius 2 is 2.04 bits per heavy atom. The lowest BCUT2D eigenvalue weighted by atomic mass is 10.1. The van der Waals surface area contributed by atoms with Crippen LogP contribution in [0.25, 0.3) is 0 Å². The van der Waals surface area contributed by atoms with Gasteiger partial charge in [-0.3, -0.25) is 14.5 Å². The Kier molecular flexibility index (Phi) is 5.17. The number of benzene rings is 1. The third kappa shape index (κ3) is 3.90. The summed E-state index contributed by atoms with van der Waals surface area (Å²) >= 11 is 0. The Bertz CT molecular complexity index is 786. The van der Waals surface area contributed by atoms with Crippen LogP contribution in [0.4, 0.5) is 5.69 Å². The number of anilines is 1. The van der Waals surface area contributed by atoms with E-state index in [-0.39, 0.29) is 18.4 Å². The van der Waals surface area contributed by atoms with E-state index in [1.54, 1.807) is 35.2 Å². The molecule has 128 valence electrons. The second-order valence-electron chi connectivity index (χ2n) is 5.59. The van der Waals surface area contributed by atoms with Crippen LogP contribution in [0.1, 0.15) is 15.9 Å². The molecule has 1 saturated heterocycles. The van der Waals surface area contributed by atoms with Crippen molar-refractivity contribution in [2.24, 2.45) is 0 Å². The SMILES string of the molecule is C#Cc1cccc(N(CC(=O)N2CCOCC2)C(=O)c2ccoc2)c1. The van der Waals surface area contributed by atoms with E-state index >= 15 is 0 Å². The van der Waals surface area contributed by atoms with Crippen LogP contribution in [0, 0.1) is 12.3 Å². The number of carbonyl (C=O) groups is 2. The number of hydrogen-bond donors (Lipinski definition) is 0. The Balaban J connectivity index is 1.87. The van der Waals surface area contributed by atoms with Crippen molar-refractivity contribution < 1.29 is 18.7 Å². The predicted octanol–water partition coefficient (Wildman–Crippen LogP) is 1.77. The average Bonchev–Trinajstić information content (AvgIpc) is 3.21. The fourth-order valence-corrected chi connectivity index (χ4v) is 2.63. The molecule has 2 aromatic rings. The van der Waals surface area contributed by atoms with Crippen molar-refractivity contribution in [1.29, 1.82) is 0 Å². The second-order valence-corrected chi connectivity index (χ2v) is 5.59. The molecule has 2 amide bonds. The normalized spacial score (nSPS) is 14.0. The summed E-state index contributed by atoms with van der Waals surface area (Å²) < 4.78 is 10.3. The van der Waals surface area contributed by atoms with Gasteiger partial charge in [-0.15, -0.1) is 6.42 Å². The standard InChI is InChI=1S/C19H18N2O4/c1-2-15-4-3-5-17(12-15)21(19(23)16-6-9-25-14-16)13-18(22)20-7-10-24-11-8-20/h1,3-6,9,12,14H,7-8,10-11,13H2. The largest absolute Gasteiger partial charge is 0.472 e. The van der Waals surface area contributed by atoms with E-state index in [9.17, 15) is 9.59 Å². The highest BCUT2D eigenvalue weighted by Gasteiger charge is 2.25. The molecule has 1 aromatic heterocycles. The number of ether oxygens (including phenoxy) is 1. The number of rotatable bonds is 4. The molecular weight excluding hydrogens is 320 g/mol. The number of amides is 2. The molecule has 0 aliphatic carbocycles. The number of carbonyl (C=O) groups excluding carboxylic acids is 2. The fraction of sp³-hybridized carbons (Fsp3) is 0.263. The number of furan rings is 1. The van der Waals surface area contributed by atoms with Gasteiger partial charge in [-0.1, -0.05) is 12.0 Å². The predicted molar refractivity (Wildman–Crippen MR) is 92.2 cm³/mol. The van der Waals surface area contributed by atoms with E-state index < -0.39 is 0 Å². The van der Waals surface area contributed by atoms with Gasteiger partial charge in [0.25, 0.3) is 5.91 Å². The maximum Gasteiger partial charge on any atom is 0.262 e. The minimum absolute atomic E-state index is 0.0714. The van der Waals surface area contributed by atoms with Gasteiger partial charge in [0, 0.05) is 24.3 Å². The van der Waals surface area contributed by atoms with Crippen LogP contribution in [0.15, 0.2) is 47.3 Å². The van der Waals surface area contributed by atoms with E-state index in [0.717, 1.165) is 0 Å². The van der Waals surface area contributed by atoms with Crippen molar-refractivity contribution in [2.75, 3.05) is 37.7 Å². The van der Waals surface area contributed by atoms with Gasteiger partial charge in [0.1, 0.15) is 12.8 Å². The number of morpholine rings is 1. The van der Waals surface area contributed by atoms with Gasteiger partial charge in [0.15, 0.2) is 0 Å². The molecule has 0 spiro atoms. The maximum atomic E-state index is 12.8. The number of nitrogens with zero attached hydrogens (tertiary/aromatic N) is 2. The molecule has 0 radical (unpaired) electrons. The lowest BCUT2D eigenvalue weighted by molar-refractivity contribution is -0.133. The topological polar surface area (TPSA) is 63.0 Å². The average molecular weight is 338 g/mol. The molecule has 1 aliphatic rings. The van der Waals surface area contributed by atoms with E-state index in [1.165, 1.54) is 17.4 Å². The Labute approximate surface area is 146 Å². The molecule has 0 N–H and O–H groups in total. The summed E-state index contributed by atoms with van der Waals surface area (Å²) in [5.74, 6) is 2.10. The van der Waals surface area contributed by atoms with Crippen LogP contribution >= 0.6 is 0 Å². The van der Waals surface area contributed by atoms with Crippen LogP contribution in [0.3, 0.4) is 0 Å². The van der Waals surface area contributed by atoms with Crippen LogP contribution in [-0.2, 0) is 9.53 Å². The summed E-state index contributed by atoms with van der Waals surface area (Å²) in [6, 6.07) is 8.57. The van der Waals surface area contributed by atoms with Gasteiger partial charge in [-0.05, 0) is 24.3 Å². The van der Waals surface area contributed by atoms with Gasteiger partial charge in [0.05, 0.1) is 25.0 Å². The zero-order valence-electron chi connectivity index (χ0n) is 13.7. The highest BCUT2D eigenvalue weighted by molar-refractivity contribution is 6.08. The summed E-state index contributed by atoms with van der Waals surface area (Å²) in [6.45, 7) is 1.99. The zero-order valence-corrected chi connectivity index (χ0v) is 13.7. The summed E-state index contributed by atoms with van der Waals surface area (Å²) in [6.07, 6.45) is 8.23. The third-order valence-corrected chi connectivity index (χ3v) is 3.99. The first-order valence-electron chi connectivity index (χ1n) is 7.95. The molecule has 0 saturated carbocycles. The van der Waals surface area contributed by atoms with E-state index in [4.69, 9.17) is 15.6 Å². The van der Waals surface area contributed by atoms with Gasteiger partial charge in [-0.25, -0.2) is 0 Å². The molecule has 6 heteroatoms. The van der Waals surface area contributed by atoms with Gasteiger partial charge < -0.3 is 14.1 Å². The molecule has 3 rings (SSSR count). The van der Waals surface area contributed by atoms with Crippen molar-refractivity contribution in [3.05, 3.63) is 54.0 Å². The Morgan fingerprint density at radius 1 is 1.24 bits per heavy atom. The zero-order chi connectivity index (χ0) is 17.6. The third-order valence-electron chi connectivity index (χ3n) is 3.99. The van der Waals surface area contributed by atoms with E-state index in [1.807, 2.05) is 0 Å². The summed E-state index contributed by atoms with van der Waals surface area (Å²) in [4.78, 5) is 28.6. The van der Waals surface area contributed by atoms with Crippen LogP contribution < -0.4 is 4.90 Å². The Morgan fingerprint density at radius 3 is 2.72 bits per heavy atom. The lowest BCUT2D eigenvalue weighted by Crippen LogP contribution is -2.47.